The Kier molecular flexibility index (Phi) is 17.1. The Morgan fingerprint density at radius 3 is 2.24 bits per heavy atom. The van der Waals surface area contributed by atoms with Crippen LogP contribution in [0.1, 0.15) is 84.0 Å². The van der Waals surface area contributed by atoms with Gasteiger partial charge in [-0.15, -0.1) is 0 Å². The number of amides is 8. The predicted octanol–water partition coefficient (Wildman–Crippen LogP) is -0.724. The Morgan fingerprint density at radius 2 is 1.56 bits per heavy atom. The Labute approximate surface area is 467 Å². The maximum Gasteiger partial charge on any atom is 0.343 e. The number of aromatic nitrogens is 2. The van der Waals surface area contributed by atoms with E-state index in [1.54, 1.807) is 62.2 Å². The smallest absolute Gasteiger partial charge is 0.343 e. The second kappa shape index (κ2) is 24.1. The van der Waals surface area contributed by atoms with Crippen LogP contribution in [-0.4, -0.2) is 153 Å². The number of benzene rings is 2. The van der Waals surface area contributed by atoms with Crippen molar-refractivity contribution in [2.75, 3.05) is 46.5 Å². The second-order valence-corrected chi connectivity index (χ2v) is 20.8. The molecule has 26 heteroatoms. The summed E-state index contributed by atoms with van der Waals surface area (Å²) in [5.74, 6) is -8.57. The molecule has 3 aliphatic heterocycles. The number of carbonyl (C=O) groups is 10. The normalized spacial score (nSPS) is 18.6. The van der Waals surface area contributed by atoms with Crippen molar-refractivity contribution >= 4 is 70.1 Å². The summed E-state index contributed by atoms with van der Waals surface area (Å²) in [6.07, 6.45) is 3.60. The van der Waals surface area contributed by atoms with E-state index in [1.807, 2.05) is 0 Å². The van der Waals surface area contributed by atoms with Crippen LogP contribution >= 0.6 is 0 Å². The largest absolute Gasteiger partial charge is 0.480 e. The van der Waals surface area contributed by atoms with Crippen LogP contribution in [0.2, 0.25) is 0 Å². The third-order valence-electron chi connectivity index (χ3n) is 15.5. The molecule has 0 spiro atoms. The maximum atomic E-state index is 15.6. The minimum Gasteiger partial charge on any atom is -0.480 e. The summed E-state index contributed by atoms with van der Waals surface area (Å²) in [5, 5.41) is 35.7. The highest BCUT2D eigenvalue weighted by Gasteiger charge is 2.47. The van der Waals surface area contributed by atoms with Gasteiger partial charge < -0.3 is 61.1 Å². The van der Waals surface area contributed by atoms with E-state index < -0.39 is 140 Å². The lowest BCUT2D eigenvalue weighted by Gasteiger charge is -2.36. The standard InChI is InChI=1S/C56H61FN10O15/c1-4-56(80)34-18-39-50-32(25-66(39)53(77)33(34)26-81-55(56)79)49-38(13-12-31-28(2)35(57)19-36(64-50)48(31)49)65(3)54(78)41(17-30-10-11-30)82-27-62-43(69)22-60-51(75)37(16-29-8-6-5-7-9-29)63-44(70)23-59-42(68)21-61-52(76)40(20-58-24-47(73)74)67-45(71)14-15-46(67)72/h5-9,14-15,18-19,30,37-38,40-41,58,80H,4,10-13,16-17,20-27H2,1-3H3,(H,59,68)(H,60,75)(H,61,76)(H,62,69)(H,63,70)(H,73,74)/t37-,38-,40-,41-,56-/m0/s1. The molecular weight excluding hydrogens is 1070 g/mol. The molecule has 9 rings (SSSR count). The molecular formula is C56H61FN10O15. The number of nitrogens with zero attached hydrogens (tertiary/aromatic N) is 4. The number of aryl methyl sites for hydroxylation is 1. The highest BCUT2D eigenvalue weighted by Crippen LogP contribution is 2.48. The first-order valence-corrected chi connectivity index (χ1v) is 26.8. The molecule has 2 aromatic carbocycles. The van der Waals surface area contributed by atoms with E-state index in [9.17, 15) is 57.8 Å². The number of carboxylic acid groups (broad SMARTS) is 1. The Hall–Kier alpha value is -8.75. The molecule has 0 saturated heterocycles. The molecule has 5 heterocycles. The average molecular weight is 1130 g/mol. The number of halogens is 1. The van der Waals surface area contributed by atoms with Crippen molar-refractivity contribution in [2.24, 2.45) is 5.92 Å². The van der Waals surface area contributed by atoms with Gasteiger partial charge in [-0.2, -0.15) is 0 Å². The van der Waals surface area contributed by atoms with Gasteiger partial charge in [0.15, 0.2) is 5.60 Å². The number of esters is 1. The fourth-order valence-corrected chi connectivity index (χ4v) is 10.9. The summed E-state index contributed by atoms with van der Waals surface area (Å²) in [6.45, 7) is -0.395. The number of aliphatic carboxylic acids is 1. The van der Waals surface area contributed by atoms with Crippen molar-refractivity contribution < 1.29 is 72.0 Å². The van der Waals surface area contributed by atoms with Crippen LogP contribution in [0.5, 0.6) is 0 Å². The third-order valence-corrected chi connectivity index (χ3v) is 15.5. The molecule has 0 radical (unpaired) electrons. The number of likely N-dealkylation sites (N-methyl/N-ethyl adjacent to an activating group) is 1. The van der Waals surface area contributed by atoms with Crippen LogP contribution in [-0.2, 0) is 89.0 Å². The summed E-state index contributed by atoms with van der Waals surface area (Å²) in [5.41, 5.74) is 1.84. The van der Waals surface area contributed by atoms with Crippen molar-refractivity contribution in [1.29, 1.82) is 0 Å². The van der Waals surface area contributed by atoms with Gasteiger partial charge >= 0.3 is 11.9 Å². The number of carbonyl (C=O) groups excluding carboxylic acids is 9. The fourth-order valence-electron chi connectivity index (χ4n) is 10.9. The quantitative estimate of drug-likeness (QED) is 0.0215. The van der Waals surface area contributed by atoms with Crippen LogP contribution < -0.4 is 37.5 Å². The highest BCUT2D eigenvalue weighted by atomic mass is 19.1. The van der Waals surface area contributed by atoms with Gasteiger partial charge in [-0.25, -0.2) is 14.2 Å². The maximum absolute atomic E-state index is 15.6. The average Bonchev–Trinajstić information content (AvgIpc) is 4.20. The van der Waals surface area contributed by atoms with E-state index in [1.165, 1.54) is 10.6 Å². The van der Waals surface area contributed by atoms with Crippen LogP contribution in [0.4, 0.5) is 4.39 Å². The van der Waals surface area contributed by atoms with Gasteiger partial charge in [0.05, 0.1) is 61.2 Å². The van der Waals surface area contributed by atoms with Gasteiger partial charge in [0.2, 0.25) is 29.5 Å². The number of nitrogens with one attached hydrogen (secondary N) is 6. The highest BCUT2D eigenvalue weighted by molar-refractivity contribution is 6.15. The Bertz CT molecular complexity index is 3400. The number of cyclic esters (lactones) is 1. The third kappa shape index (κ3) is 12.0. The van der Waals surface area contributed by atoms with Gasteiger partial charge in [0.25, 0.3) is 23.3 Å². The van der Waals surface area contributed by atoms with Crippen LogP contribution in [0.25, 0.3) is 22.3 Å². The molecule has 5 aliphatic rings. The zero-order valence-corrected chi connectivity index (χ0v) is 45.1. The molecule has 2 aromatic heterocycles. The van der Waals surface area contributed by atoms with Gasteiger partial charge in [0, 0.05) is 54.7 Å². The fraction of sp³-hybridized carbons (Fsp3) is 0.429. The molecule has 1 fully saturated rings. The SMILES string of the molecule is CC[C@@]1(O)C(=O)OCc2c1cc1n(c2=O)Cc2c-1nc1cc(F)c(C)c3c1c2[C@@H](N(C)C(=O)[C@H](CC1CC1)OCNC(=O)CNC(=O)[C@H](Cc1ccccc1)NC(=O)CNC(=O)CNC(=O)[C@H](CNCC(=O)O)N1C(=O)C=CC1=O)CC3. The van der Waals surface area contributed by atoms with Crippen LogP contribution in [0.15, 0.2) is 59.4 Å². The first-order valence-electron chi connectivity index (χ1n) is 26.8. The van der Waals surface area contributed by atoms with E-state index in [-0.39, 0.29) is 43.0 Å². The molecule has 8 N–H and O–H groups in total. The first kappa shape index (κ1) is 57.9. The molecule has 4 aromatic rings. The summed E-state index contributed by atoms with van der Waals surface area (Å²) in [6, 6.07) is 8.15. The van der Waals surface area contributed by atoms with Crippen molar-refractivity contribution in [3.63, 3.8) is 0 Å². The summed E-state index contributed by atoms with van der Waals surface area (Å²) < 4.78 is 28.5. The summed E-state index contributed by atoms with van der Waals surface area (Å²) in [4.78, 5) is 150. The lowest BCUT2D eigenvalue weighted by atomic mass is 9.81. The van der Waals surface area contributed by atoms with E-state index in [2.05, 4.69) is 31.9 Å². The number of rotatable bonds is 24. The van der Waals surface area contributed by atoms with E-state index in [0.29, 0.717) is 68.7 Å². The number of hydrogen-bond donors (Lipinski definition) is 8. The first-order chi connectivity index (χ1) is 39.2. The van der Waals surface area contributed by atoms with E-state index >= 15 is 4.39 Å². The number of carboxylic acids is 1. The lowest BCUT2D eigenvalue weighted by molar-refractivity contribution is -0.172. The number of ether oxygens (including phenoxy) is 2. The number of aliphatic hydroxyl groups is 1. The van der Waals surface area contributed by atoms with Gasteiger partial charge in [-0.05, 0) is 66.8 Å². The molecule has 0 unspecified atom stereocenters. The lowest BCUT2D eigenvalue weighted by Crippen LogP contribution is -2.56. The minimum absolute atomic E-state index is 0.0309. The molecule has 432 valence electrons. The van der Waals surface area contributed by atoms with Crippen molar-refractivity contribution in [2.45, 2.75) is 102 Å². The van der Waals surface area contributed by atoms with Crippen molar-refractivity contribution in [1.82, 2.24) is 51.3 Å². The summed E-state index contributed by atoms with van der Waals surface area (Å²) in [7, 11) is 1.65. The molecule has 82 heavy (non-hydrogen) atoms. The van der Waals surface area contributed by atoms with Crippen molar-refractivity contribution in [3.8, 4) is 11.4 Å². The van der Waals surface area contributed by atoms with Gasteiger partial charge in [0.1, 0.15) is 37.3 Å². The van der Waals surface area contributed by atoms with Crippen LogP contribution in [0, 0.1) is 18.7 Å². The van der Waals surface area contributed by atoms with E-state index in [0.717, 1.165) is 30.6 Å². The number of hydrogen-bond acceptors (Lipinski definition) is 16. The predicted molar refractivity (Wildman–Crippen MR) is 285 cm³/mol. The second-order valence-electron chi connectivity index (χ2n) is 20.8. The van der Waals surface area contributed by atoms with Gasteiger partial charge in [-0.1, -0.05) is 50.1 Å². The molecule has 0 bridgehead atoms. The van der Waals surface area contributed by atoms with Crippen LogP contribution in [0.3, 0.4) is 0 Å². The Balaban J connectivity index is 0.823. The molecule has 1 saturated carbocycles. The van der Waals surface area contributed by atoms with Crippen molar-refractivity contribution in [3.05, 3.63) is 110 Å². The topological polar surface area (TPSA) is 343 Å². The molecule has 5 atom stereocenters. The molecule has 2 aliphatic carbocycles. The molecule has 8 amide bonds. The minimum atomic E-state index is -2.07. The number of imide groups is 1. The zero-order valence-electron chi connectivity index (χ0n) is 45.1. The monoisotopic (exact) mass is 1130 g/mol. The summed E-state index contributed by atoms with van der Waals surface area (Å²) >= 11 is 0. The van der Waals surface area contributed by atoms with Gasteiger partial charge in [-0.3, -0.25) is 52.8 Å². The zero-order chi connectivity index (χ0) is 58.7. The number of fused-ring (bicyclic) bond motifs is 5. The molecule has 25 nitrogen and oxygen atoms in total. The Morgan fingerprint density at radius 1 is 0.878 bits per heavy atom. The van der Waals surface area contributed by atoms with E-state index in [4.69, 9.17) is 19.6 Å². The number of pyridine rings is 2.